The first-order valence-electron chi connectivity index (χ1n) is 6.65. The van der Waals surface area contributed by atoms with Gasteiger partial charge in [-0.2, -0.15) is 0 Å². The summed E-state index contributed by atoms with van der Waals surface area (Å²) in [7, 11) is 0. The molecule has 0 radical (unpaired) electrons. The van der Waals surface area contributed by atoms with Gasteiger partial charge in [-0.05, 0) is 18.8 Å². The summed E-state index contributed by atoms with van der Waals surface area (Å²) in [6.07, 6.45) is 1.92. The number of nitrogens with two attached hydrogens (primary N) is 1. The van der Waals surface area contributed by atoms with E-state index < -0.39 is 17.4 Å². The van der Waals surface area contributed by atoms with Gasteiger partial charge in [-0.25, -0.2) is 0 Å². The van der Waals surface area contributed by atoms with Crippen LogP contribution in [0.1, 0.15) is 40.0 Å². The summed E-state index contributed by atoms with van der Waals surface area (Å²) >= 11 is 0. The van der Waals surface area contributed by atoms with Gasteiger partial charge >= 0.3 is 5.97 Å². The fourth-order valence-electron chi connectivity index (χ4n) is 2.38. The molecule has 3 N–H and O–H groups in total. The number of hydrogen-bond acceptors (Lipinski definition) is 3. The Morgan fingerprint density at radius 2 is 2.06 bits per heavy atom. The molecule has 0 bridgehead atoms. The lowest BCUT2D eigenvalue weighted by Gasteiger charge is -2.26. The maximum absolute atomic E-state index is 12.2. The minimum atomic E-state index is -0.808. The number of carboxylic acids is 1. The summed E-state index contributed by atoms with van der Waals surface area (Å²) in [5, 5.41) is 9.29. The van der Waals surface area contributed by atoms with Gasteiger partial charge in [-0.3, -0.25) is 9.59 Å². The van der Waals surface area contributed by atoms with Gasteiger partial charge < -0.3 is 15.7 Å². The van der Waals surface area contributed by atoms with Crippen molar-refractivity contribution < 1.29 is 14.7 Å². The number of amides is 1. The van der Waals surface area contributed by atoms with Gasteiger partial charge in [0.2, 0.25) is 5.91 Å². The third-order valence-corrected chi connectivity index (χ3v) is 4.34. The Balaban J connectivity index is 2.72. The van der Waals surface area contributed by atoms with E-state index in [-0.39, 0.29) is 11.8 Å². The van der Waals surface area contributed by atoms with Crippen LogP contribution in [-0.4, -0.2) is 41.0 Å². The molecule has 104 valence electrons. The fourth-order valence-corrected chi connectivity index (χ4v) is 2.38. The maximum Gasteiger partial charge on any atom is 0.311 e. The molecule has 0 aromatic heterocycles. The number of hydrogen-bond donors (Lipinski definition) is 2. The van der Waals surface area contributed by atoms with Gasteiger partial charge in [0.05, 0.1) is 11.5 Å². The largest absolute Gasteiger partial charge is 0.481 e. The summed E-state index contributed by atoms with van der Waals surface area (Å²) in [6, 6.07) is -0.517. The van der Waals surface area contributed by atoms with E-state index in [0.717, 1.165) is 6.42 Å². The smallest absolute Gasteiger partial charge is 0.311 e. The van der Waals surface area contributed by atoms with Crippen molar-refractivity contribution in [2.75, 3.05) is 13.1 Å². The number of carboxylic acid groups (broad SMARTS) is 1. The van der Waals surface area contributed by atoms with Crippen molar-refractivity contribution in [2.24, 2.45) is 17.1 Å². The lowest BCUT2D eigenvalue weighted by molar-refractivity contribution is -0.148. The number of likely N-dealkylation sites (tertiary alicyclic amines) is 1. The highest BCUT2D eigenvalue weighted by Crippen LogP contribution is 2.34. The molecular formula is C13H24N2O3. The Bertz CT molecular complexity index is 332. The summed E-state index contributed by atoms with van der Waals surface area (Å²) in [4.78, 5) is 25.1. The van der Waals surface area contributed by atoms with Crippen LogP contribution in [0.15, 0.2) is 0 Å². The minimum absolute atomic E-state index is 0.110. The van der Waals surface area contributed by atoms with Crippen LogP contribution in [0.5, 0.6) is 0 Å². The zero-order chi connectivity index (χ0) is 13.9. The van der Waals surface area contributed by atoms with E-state index >= 15 is 0 Å². The average Bonchev–Trinajstić information content (AvgIpc) is 2.81. The number of nitrogens with zero attached hydrogens (tertiary/aromatic N) is 1. The summed E-state index contributed by atoms with van der Waals surface area (Å²) in [6.45, 7) is 6.60. The molecule has 1 fully saturated rings. The van der Waals surface area contributed by atoms with Crippen LogP contribution in [0.25, 0.3) is 0 Å². The van der Waals surface area contributed by atoms with E-state index in [0.29, 0.717) is 25.9 Å². The molecule has 1 amide bonds. The van der Waals surface area contributed by atoms with Gasteiger partial charge in [0.15, 0.2) is 0 Å². The molecule has 0 aliphatic carbocycles. The second kappa shape index (κ2) is 5.69. The minimum Gasteiger partial charge on any atom is -0.481 e. The molecule has 1 rings (SSSR count). The Morgan fingerprint density at radius 3 is 2.44 bits per heavy atom. The number of carbonyl (C=O) groups is 2. The number of carbonyl (C=O) groups excluding carboxylic acids is 1. The molecule has 18 heavy (non-hydrogen) atoms. The topological polar surface area (TPSA) is 83.6 Å². The van der Waals surface area contributed by atoms with Gasteiger partial charge in [-0.1, -0.05) is 27.2 Å². The van der Waals surface area contributed by atoms with Crippen molar-refractivity contribution in [3.05, 3.63) is 0 Å². The van der Waals surface area contributed by atoms with Crippen LogP contribution in [0.3, 0.4) is 0 Å². The molecule has 0 spiro atoms. The molecule has 1 aliphatic heterocycles. The molecule has 3 atom stereocenters. The zero-order valence-corrected chi connectivity index (χ0v) is 11.5. The van der Waals surface area contributed by atoms with E-state index in [1.54, 1.807) is 4.90 Å². The summed E-state index contributed by atoms with van der Waals surface area (Å²) < 4.78 is 0. The third-order valence-electron chi connectivity index (χ3n) is 4.34. The lowest BCUT2D eigenvalue weighted by atomic mass is 9.84. The summed E-state index contributed by atoms with van der Waals surface area (Å²) in [5.74, 6) is -0.794. The highest BCUT2D eigenvalue weighted by molar-refractivity contribution is 5.84. The molecular weight excluding hydrogens is 232 g/mol. The van der Waals surface area contributed by atoms with Crippen molar-refractivity contribution in [2.45, 2.75) is 46.1 Å². The maximum atomic E-state index is 12.2. The predicted molar refractivity (Wildman–Crippen MR) is 69.0 cm³/mol. The molecule has 5 heteroatoms. The van der Waals surface area contributed by atoms with Crippen molar-refractivity contribution in [1.82, 2.24) is 4.90 Å². The van der Waals surface area contributed by atoms with Crippen molar-refractivity contribution in [1.29, 1.82) is 0 Å². The van der Waals surface area contributed by atoms with E-state index in [4.69, 9.17) is 5.73 Å². The van der Waals surface area contributed by atoms with E-state index in [9.17, 15) is 14.7 Å². The van der Waals surface area contributed by atoms with Crippen LogP contribution < -0.4 is 5.73 Å². The van der Waals surface area contributed by atoms with Crippen LogP contribution in [0, 0.1) is 11.3 Å². The van der Waals surface area contributed by atoms with Gasteiger partial charge in [0.1, 0.15) is 0 Å². The Hall–Kier alpha value is -1.10. The molecule has 0 aromatic rings. The van der Waals surface area contributed by atoms with Gasteiger partial charge in [0, 0.05) is 13.1 Å². The van der Waals surface area contributed by atoms with Crippen LogP contribution >= 0.6 is 0 Å². The van der Waals surface area contributed by atoms with Gasteiger partial charge in [-0.15, -0.1) is 0 Å². The molecule has 5 nitrogen and oxygen atoms in total. The van der Waals surface area contributed by atoms with Crippen molar-refractivity contribution >= 4 is 11.9 Å². The zero-order valence-electron chi connectivity index (χ0n) is 11.5. The van der Waals surface area contributed by atoms with Gasteiger partial charge in [0.25, 0.3) is 0 Å². The van der Waals surface area contributed by atoms with E-state index in [1.165, 1.54) is 0 Å². The highest BCUT2D eigenvalue weighted by Gasteiger charge is 2.45. The fraction of sp³-hybridized carbons (Fsp3) is 0.846. The average molecular weight is 256 g/mol. The number of rotatable bonds is 5. The molecule has 1 aliphatic rings. The quantitative estimate of drug-likeness (QED) is 0.770. The Labute approximate surface area is 108 Å². The first-order valence-corrected chi connectivity index (χ1v) is 6.65. The SMILES string of the molecule is CCC(C)[C@H](N)C(=O)N1CCC(CC)(C(=O)O)C1. The standard InChI is InChI=1S/C13H24N2O3/c1-4-9(3)10(14)11(16)15-7-6-13(5-2,8-15)12(17)18/h9-10H,4-8,14H2,1-3H3,(H,17,18)/t9?,10-,13?/m0/s1. The number of aliphatic carboxylic acids is 1. The lowest BCUT2D eigenvalue weighted by Crippen LogP contribution is -2.47. The Kier molecular flexibility index (Phi) is 4.73. The molecule has 2 unspecified atom stereocenters. The predicted octanol–water partition coefficient (Wildman–Crippen LogP) is 1.07. The van der Waals surface area contributed by atoms with Crippen molar-refractivity contribution in [3.63, 3.8) is 0 Å². The second-order valence-electron chi connectivity index (χ2n) is 5.36. The molecule has 0 aromatic carbocycles. The normalized spacial score (nSPS) is 27.0. The highest BCUT2D eigenvalue weighted by atomic mass is 16.4. The van der Waals surface area contributed by atoms with E-state index in [1.807, 2.05) is 20.8 Å². The molecule has 1 heterocycles. The third kappa shape index (κ3) is 2.66. The second-order valence-corrected chi connectivity index (χ2v) is 5.36. The van der Waals surface area contributed by atoms with Crippen LogP contribution in [0.4, 0.5) is 0 Å². The van der Waals surface area contributed by atoms with E-state index in [2.05, 4.69) is 0 Å². The molecule has 1 saturated heterocycles. The van der Waals surface area contributed by atoms with Crippen LogP contribution in [0.2, 0.25) is 0 Å². The first kappa shape index (κ1) is 15.0. The molecule has 0 saturated carbocycles. The monoisotopic (exact) mass is 256 g/mol. The summed E-state index contributed by atoms with van der Waals surface area (Å²) in [5.41, 5.74) is 5.15. The van der Waals surface area contributed by atoms with Crippen LogP contribution in [-0.2, 0) is 9.59 Å². The Morgan fingerprint density at radius 1 is 1.44 bits per heavy atom. The van der Waals surface area contributed by atoms with Crippen molar-refractivity contribution in [3.8, 4) is 0 Å². The first-order chi connectivity index (χ1) is 8.38.